The van der Waals surface area contributed by atoms with Gasteiger partial charge in [0, 0.05) is 16.5 Å². The first-order valence-electron chi connectivity index (χ1n) is 6.50. The SMILES string of the molecule is Cc1cc(C(=O)CCCc2ccccc2)ccc1Br. The van der Waals surface area contributed by atoms with Crippen LogP contribution in [0, 0.1) is 6.92 Å². The van der Waals surface area contributed by atoms with Crippen LogP contribution in [0.25, 0.3) is 0 Å². The minimum absolute atomic E-state index is 0.228. The molecule has 0 aliphatic rings. The van der Waals surface area contributed by atoms with E-state index in [9.17, 15) is 4.79 Å². The van der Waals surface area contributed by atoms with Gasteiger partial charge in [-0.25, -0.2) is 0 Å². The molecule has 0 aliphatic carbocycles. The zero-order valence-electron chi connectivity index (χ0n) is 11.0. The molecule has 0 spiro atoms. The number of Topliss-reactive ketones (excluding diaryl/α,β-unsaturated/α-hetero) is 1. The third-order valence-corrected chi connectivity index (χ3v) is 4.08. The molecule has 2 aromatic carbocycles. The van der Waals surface area contributed by atoms with Crippen molar-refractivity contribution in [3.05, 3.63) is 69.7 Å². The number of rotatable bonds is 5. The summed E-state index contributed by atoms with van der Waals surface area (Å²) in [6, 6.07) is 16.1. The standard InChI is InChI=1S/C17H17BrO/c1-13-12-15(10-11-16(13)18)17(19)9-5-8-14-6-3-2-4-7-14/h2-4,6-7,10-12H,5,8-9H2,1H3. The maximum Gasteiger partial charge on any atom is 0.162 e. The topological polar surface area (TPSA) is 17.1 Å². The lowest BCUT2D eigenvalue weighted by Crippen LogP contribution is -2.00. The molecule has 0 N–H and O–H groups in total. The molecule has 0 bridgehead atoms. The summed E-state index contributed by atoms with van der Waals surface area (Å²) < 4.78 is 1.05. The summed E-state index contributed by atoms with van der Waals surface area (Å²) in [4.78, 5) is 12.1. The summed E-state index contributed by atoms with van der Waals surface area (Å²) in [5, 5.41) is 0. The molecule has 0 aliphatic heterocycles. The van der Waals surface area contributed by atoms with Gasteiger partial charge >= 0.3 is 0 Å². The summed E-state index contributed by atoms with van der Waals surface area (Å²) in [5.74, 6) is 0.228. The van der Waals surface area contributed by atoms with E-state index in [4.69, 9.17) is 0 Å². The molecule has 0 saturated heterocycles. The lowest BCUT2D eigenvalue weighted by Gasteiger charge is -2.04. The van der Waals surface area contributed by atoms with Gasteiger partial charge in [-0.15, -0.1) is 0 Å². The van der Waals surface area contributed by atoms with Crippen LogP contribution in [0.3, 0.4) is 0 Å². The number of ketones is 1. The Morgan fingerprint density at radius 1 is 1.11 bits per heavy atom. The first-order valence-corrected chi connectivity index (χ1v) is 7.29. The van der Waals surface area contributed by atoms with E-state index in [1.54, 1.807) is 0 Å². The average Bonchev–Trinajstić information content (AvgIpc) is 2.43. The van der Waals surface area contributed by atoms with E-state index in [-0.39, 0.29) is 5.78 Å². The average molecular weight is 317 g/mol. The van der Waals surface area contributed by atoms with Gasteiger partial charge in [-0.3, -0.25) is 4.79 Å². The number of halogens is 1. The molecule has 0 heterocycles. The molecule has 0 saturated carbocycles. The van der Waals surface area contributed by atoms with E-state index in [0.717, 1.165) is 28.4 Å². The van der Waals surface area contributed by atoms with Gasteiger partial charge in [0.25, 0.3) is 0 Å². The first-order chi connectivity index (χ1) is 9.16. The number of benzene rings is 2. The molecule has 2 aromatic rings. The van der Waals surface area contributed by atoms with Crippen LogP contribution >= 0.6 is 15.9 Å². The van der Waals surface area contributed by atoms with E-state index in [1.807, 2.05) is 43.3 Å². The zero-order chi connectivity index (χ0) is 13.7. The molecule has 0 unspecified atom stereocenters. The first kappa shape index (κ1) is 14.0. The second-order valence-electron chi connectivity index (χ2n) is 4.73. The summed E-state index contributed by atoms with van der Waals surface area (Å²) in [7, 11) is 0. The Kier molecular flexibility index (Phi) is 4.92. The van der Waals surface area contributed by atoms with Gasteiger partial charge in [0.2, 0.25) is 0 Å². The second kappa shape index (κ2) is 6.67. The highest BCUT2D eigenvalue weighted by atomic mass is 79.9. The maximum atomic E-state index is 12.1. The van der Waals surface area contributed by atoms with Crippen molar-refractivity contribution in [1.82, 2.24) is 0 Å². The summed E-state index contributed by atoms with van der Waals surface area (Å²) >= 11 is 3.45. The van der Waals surface area contributed by atoms with E-state index >= 15 is 0 Å². The van der Waals surface area contributed by atoms with Crippen LogP contribution in [0.15, 0.2) is 53.0 Å². The fourth-order valence-corrected chi connectivity index (χ4v) is 2.31. The highest BCUT2D eigenvalue weighted by molar-refractivity contribution is 9.10. The Morgan fingerprint density at radius 2 is 1.84 bits per heavy atom. The highest BCUT2D eigenvalue weighted by Gasteiger charge is 2.07. The molecule has 0 fully saturated rings. The number of carbonyl (C=O) groups is 1. The van der Waals surface area contributed by atoms with E-state index in [2.05, 4.69) is 28.1 Å². The minimum Gasteiger partial charge on any atom is -0.294 e. The van der Waals surface area contributed by atoms with Gasteiger partial charge in [0.15, 0.2) is 5.78 Å². The zero-order valence-corrected chi connectivity index (χ0v) is 12.6. The fourth-order valence-electron chi connectivity index (χ4n) is 2.06. The Hall–Kier alpha value is -1.41. The summed E-state index contributed by atoms with van der Waals surface area (Å²) in [6.45, 7) is 2.00. The number of aryl methyl sites for hydroxylation is 2. The van der Waals surface area contributed by atoms with Crippen LogP contribution < -0.4 is 0 Å². The third-order valence-electron chi connectivity index (χ3n) is 3.19. The lowest BCUT2D eigenvalue weighted by molar-refractivity contribution is 0.0980. The molecule has 0 atom stereocenters. The molecule has 0 radical (unpaired) electrons. The van der Waals surface area contributed by atoms with Crippen LogP contribution in [-0.4, -0.2) is 5.78 Å². The van der Waals surface area contributed by atoms with Gasteiger partial charge in [-0.05, 0) is 43.0 Å². The summed E-state index contributed by atoms with van der Waals surface area (Å²) in [6.07, 6.45) is 2.47. The predicted octanol–water partition coefficient (Wildman–Crippen LogP) is 4.96. The van der Waals surface area contributed by atoms with E-state index < -0.39 is 0 Å². The smallest absolute Gasteiger partial charge is 0.162 e. The Morgan fingerprint density at radius 3 is 2.53 bits per heavy atom. The van der Waals surface area contributed by atoms with Crippen LogP contribution in [-0.2, 0) is 6.42 Å². The molecule has 2 heteroatoms. The summed E-state index contributed by atoms with van der Waals surface area (Å²) in [5.41, 5.74) is 3.21. The fraction of sp³-hybridized carbons (Fsp3) is 0.235. The van der Waals surface area contributed by atoms with Crippen molar-refractivity contribution in [3.8, 4) is 0 Å². The molecule has 98 valence electrons. The van der Waals surface area contributed by atoms with Crippen LogP contribution in [0.5, 0.6) is 0 Å². The number of hydrogen-bond donors (Lipinski definition) is 0. The van der Waals surface area contributed by atoms with Gasteiger partial charge in [0.05, 0.1) is 0 Å². The van der Waals surface area contributed by atoms with Gasteiger partial charge < -0.3 is 0 Å². The predicted molar refractivity (Wildman–Crippen MR) is 82.6 cm³/mol. The van der Waals surface area contributed by atoms with Crippen LogP contribution in [0.1, 0.15) is 34.3 Å². The van der Waals surface area contributed by atoms with Gasteiger partial charge in [-0.1, -0.05) is 52.3 Å². The number of carbonyl (C=O) groups excluding carboxylic acids is 1. The van der Waals surface area contributed by atoms with Crippen molar-refractivity contribution in [2.45, 2.75) is 26.2 Å². The number of hydrogen-bond acceptors (Lipinski definition) is 1. The lowest BCUT2D eigenvalue weighted by atomic mass is 10.0. The van der Waals surface area contributed by atoms with E-state index in [0.29, 0.717) is 6.42 Å². The Bertz CT molecular complexity index is 561. The Balaban J connectivity index is 1.89. The van der Waals surface area contributed by atoms with Gasteiger partial charge in [-0.2, -0.15) is 0 Å². The molecule has 2 rings (SSSR count). The maximum absolute atomic E-state index is 12.1. The third kappa shape index (κ3) is 4.03. The Labute approximate surface area is 122 Å². The quantitative estimate of drug-likeness (QED) is 0.712. The largest absolute Gasteiger partial charge is 0.294 e. The second-order valence-corrected chi connectivity index (χ2v) is 5.58. The molecule has 0 amide bonds. The van der Waals surface area contributed by atoms with Crippen molar-refractivity contribution in [1.29, 1.82) is 0 Å². The normalized spacial score (nSPS) is 10.4. The highest BCUT2D eigenvalue weighted by Crippen LogP contribution is 2.18. The van der Waals surface area contributed by atoms with Crippen molar-refractivity contribution >= 4 is 21.7 Å². The molecule has 1 nitrogen and oxygen atoms in total. The van der Waals surface area contributed by atoms with Crippen LogP contribution in [0.2, 0.25) is 0 Å². The van der Waals surface area contributed by atoms with Crippen molar-refractivity contribution in [2.75, 3.05) is 0 Å². The molecule has 19 heavy (non-hydrogen) atoms. The van der Waals surface area contributed by atoms with Crippen molar-refractivity contribution in [2.24, 2.45) is 0 Å². The molecular weight excluding hydrogens is 300 g/mol. The molecule has 0 aromatic heterocycles. The van der Waals surface area contributed by atoms with Crippen molar-refractivity contribution < 1.29 is 4.79 Å². The van der Waals surface area contributed by atoms with E-state index in [1.165, 1.54) is 5.56 Å². The minimum atomic E-state index is 0.228. The monoisotopic (exact) mass is 316 g/mol. The van der Waals surface area contributed by atoms with Gasteiger partial charge in [0.1, 0.15) is 0 Å². The molecular formula is C17H17BrO. The van der Waals surface area contributed by atoms with Crippen LogP contribution in [0.4, 0.5) is 0 Å². The van der Waals surface area contributed by atoms with Crippen molar-refractivity contribution in [3.63, 3.8) is 0 Å².